The van der Waals surface area contributed by atoms with Crippen molar-refractivity contribution < 1.29 is 9.21 Å². The van der Waals surface area contributed by atoms with Gasteiger partial charge in [-0.2, -0.15) is 0 Å². The highest BCUT2D eigenvalue weighted by molar-refractivity contribution is 5.73. The largest absolute Gasteiger partial charge is 0.441 e. The number of fused-ring (bicyclic) bond motifs is 1. The van der Waals surface area contributed by atoms with Crippen LogP contribution < -0.4 is 5.32 Å². The maximum absolute atomic E-state index is 11.3. The summed E-state index contributed by atoms with van der Waals surface area (Å²) in [4.78, 5) is 17.1. The van der Waals surface area contributed by atoms with E-state index in [2.05, 4.69) is 10.3 Å². The number of urea groups is 1. The van der Waals surface area contributed by atoms with E-state index >= 15 is 0 Å². The van der Waals surface area contributed by atoms with E-state index in [1.54, 1.807) is 14.1 Å². The van der Waals surface area contributed by atoms with Crippen molar-refractivity contribution in [2.24, 2.45) is 0 Å². The molecule has 5 nitrogen and oxygen atoms in total. The topological polar surface area (TPSA) is 58.4 Å². The Labute approximate surface area is 99.4 Å². The molecule has 0 spiro atoms. The molecule has 5 heteroatoms. The van der Waals surface area contributed by atoms with Crippen LogP contribution >= 0.6 is 0 Å². The second-order valence-electron chi connectivity index (χ2n) is 3.95. The zero-order valence-corrected chi connectivity index (χ0v) is 9.93. The molecule has 2 amide bonds. The third kappa shape index (κ3) is 2.75. The standard InChI is InChI=1S/C12H15N3O2/c1-15(2)12(16)13-8-7-11-14-9-5-3-4-6-10(9)17-11/h3-6H,7-8H2,1-2H3,(H,13,16). The Hall–Kier alpha value is -2.04. The highest BCUT2D eigenvalue weighted by Crippen LogP contribution is 2.14. The van der Waals surface area contributed by atoms with E-state index in [4.69, 9.17) is 4.42 Å². The minimum absolute atomic E-state index is 0.110. The lowest BCUT2D eigenvalue weighted by molar-refractivity contribution is 0.217. The SMILES string of the molecule is CN(C)C(=O)NCCc1nc2ccccc2o1. The first-order valence-electron chi connectivity index (χ1n) is 5.46. The van der Waals surface area contributed by atoms with E-state index in [1.807, 2.05) is 24.3 Å². The Kier molecular flexibility index (Phi) is 3.27. The summed E-state index contributed by atoms with van der Waals surface area (Å²) in [6, 6.07) is 7.50. The quantitative estimate of drug-likeness (QED) is 0.876. The summed E-state index contributed by atoms with van der Waals surface area (Å²) in [7, 11) is 3.41. The van der Waals surface area contributed by atoms with Gasteiger partial charge in [-0.1, -0.05) is 12.1 Å². The molecule has 1 N–H and O–H groups in total. The lowest BCUT2D eigenvalue weighted by Crippen LogP contribution is -2.35. The molecule has 0 saturated carbocycles. The van der Waals surface area contributed by atoms with E-state index in [-0.39, 0.29) is 6.03 Å². The smallest absolute Gasteiger partial charge is 0.316 e. The zero-order chi connectivity index (χ0) is 12.3. The van der Waals surface area contributed by atoms with Gasteiger partial charge in [0.05, 0.1) is 0 Å². The molecule has 0 bridgehead atoms. The highest BCUT2D eigenvalue weighted by atomic mass is 16.3. The summed E-state index contributed by atoms with van der Waals surface area (Å²) >= 11 is 0. The van der Waals surface area contributed by atoms with Crippen LogP contribution in [0, 0.1) is 0 Å². The molecular weight excluding hydrogens is 218 g/mol. The molecule has 0 unspecified atom stereocenters. The summed E-state index contributed by atoms with van der Waals surface area (Å²) in [6.45, 7) is 0.518. The number of carbonyl (C=O) groups is 1. The summed E-state index contributed by atoms with van der Waals surface area (Å²) in [5.74, 6) is 0.644. The van der Waals surface area contributed by atoms with Crippen LogP contribution in [0.2, 0.25) is 0 Å². The number of nitrogens with zero attached hydrogens (tertiary/aromatic N) is 2. The predicted molar refractivity (Wildman–Crippen MR) is 64.8 cm³/mol. The third-order valence-corrected chi connectivity index (χ3v) is 2.36. The highest BCUT2D eigenvalue weighted by Gasteiger charge is 2.06. The molecular formula is C12H15N3O2. The molecule has 0 atom stereocenters. The fraction of sp³-hybridized carbons (Fsp3) is 0.333. The molecule has 0 radical (unpaired) electrons. The molecule has 1 heterocycles. The monoisotopic (exact) mass is 233 g/mol. The van der Waals surface area contributed by atoms with Crippen molar-refractivity contribution in [3.05, 3.63) is 30.2 Å². The molecule has 0 fully saturated rings. The number of rotatable bonds is 3. The molecule has 17 heavy (non-hydrogen) atoms. The predicted octanol–water partition coefficient (Wildman–Crippen LogP) is 1.64. The summed E-state index contributed by atoms with van der Waals surface area (Å²) < 4.78 is 5.53. The first-order valence-corrected chi connectivity index (χ1v) is 5.46. The van der Waals surface area contributed by atoms with Crippen LogP contribution in [-0.4, -0.2) is 36.6 Å². The van der Waals surface area contributed by atoms with Crippen molar-refractivity contribution >= 4 is 17.1 Å². The lowest BCUT2D eigenvalue weighted by Gasteiger charge is -2.10. The summed E-state index contributed by atoms with van der Waals surface area (Å²) in [5.41, 5.74) is 1.63. The van der Waals surface area contributed by atoms with E-state index < -0.39 is 0 Å². The van der Waals surface area contributed by atoms with Crippen molar-refractivity contribution in [3.8, 4) is 0 Å². The maximum atomic E-state index is 11.3. The van der Waals surface area contributed by atoms with Gasteiger partial charge in [0.15, 0.2) is 11.5 Å². The maximum Gasteiger partial charge on any atom is 0.316 e. The summed E-state index contributed by atoms with van der Waals surface area (Å²) in [6.07, 6.45) is 0.592. The Balaban J connectivity index is 1.93. The van der Waals surface area contributed by atoms with Crippen LogP contribution in [0.1, 0.15) is 5.89 Å². The fourth-order valence-electron chi connectivity index (χ4n) is 1.46. The number of aromatic nitrogens is 1. The molecule has 90 valence electrons. The van der Waals surface area contributed by atoms with Gasteiger partial charge in [-0.05, 0) is 12.1 Å². The van der Waals surface area contributed by atoms with Gasteiger partial charge in [0, 0.05) is 27.1 Å². The third-order valence-electron chi connectivity index (χ3n) is 2.36. The van der Waals surface area contributed by atoms with Gasteiger partial charge in [0.25, 0.3) is 0 Å². The fourth-order valence-corrected chi connectivity index (χ4v) is 1.46. The van der Waals surface area contributed by atoms with Gasteiger partial charge < -0.3 is 14.6 Å². The molecule has 2 aromatic rings. The zero-order valence-electron chi connectivity index (χ0n) is 9.93. The molecule has 0 aliphatic rings. The van der Waals surface area contributed by atoms with Crippen molar-refractivity contribution in [1.82, 2.24) is 15.2 Å². The second-order valence-corrected chi connectivity index (χ2v) is 3.95. The van der Waals surface area contributed by atoms with Gasteiger partial charge in [-0.25, -0.2) is 9.78 Å². The van der Waals surface area contributed by atoms with Crippen LogP contribution in [-0.2, 0) is 6.42 Å². The molecule has 1 aromatic carbocycles. The van der Waals surface area contributed by atoms with Gasteiger partial charge in [-0.3, -0.25) is 0 Å². The van der Waals surface area contributed by atoms with E-state index in [9.17, 15) is 4.79 Å². The first-order chi connectivity index (χ1) is 8.16. The average Bonchev–Trinajstić information content (AvgIpc) is 2.71. The van der Waals surface area contributed by atoms with E-state index in [0.717, 1.165) is 11.1 Å². The number of hydrogen-bond acceptors (Lipinski definition) is 3. The van der Waals surface area contributed by atoms with Crippen molar-refractivity contribution in [3.63, 3.8) is 0 Å². The number of nitrogens with one attached hydrogen (secondary N) is 1. The van der Waals surface area contributed by atoms with Crippen LogP contribution in [0.15, 0.2) is 28.7 Å². The number of carbonyl (C=O) groups excluding carboxylic acids is 1. The first kappa shape index (κ1) is 11.4. The van der Waals surface area contributed by atoms with Gasteiger partial charge in [0.2, 0.25) is 0 Å². The normalized spacial score (nSPS) is 10.5. The van der Waals surface area contributed by atoms with Crippen LogP contribution in [0.4, 0.5) is 4.79 Å². The number of hydrogen-bond donors (Lipinski definition) is 1. The minimum Gasteiger partial charge on any atom is -0.441 e. The van der Waals surface area contributed by atoms with Crippen LogP contribution in [0.5, 0.6) is 0 Å². The number of oxazole rings is 1. The van der Waals surface area contributed by atoms with Crippen molar-refractivity contribution in [1.29, 1.82) is 0 Å². The Morgan fingerprint density at radius 2 is 2.18 bits per heavy atom. The molecule has 2 rings (SSSR count). The van der Waals surface area contributed by atoms with Crippen LogP contribution in [0.3, 0.4) is 0 Å². The molecule has 1 aromatic heterocycles. The molecule has 0 saturated heterocycles. The number of para-hydroxylation sites is 2. The van der Waals surface area contributed by atoms with Gasteiger partial charge in [0.1, 0.15) is 5.52 Å². The molecule has 0 aliphatic carbocycles. The average molecular weight is 233 g/mol. The summed E-state index contributed by atoms with van der Waals surface area (Å²) in [5, 5.41) is 2.76. The number of amides is 2. The Morgan fingerprint density at radius 1 is 1.41 bits per heavy atom. The molecule has 0 aliphatic heterocycles. The van der Waals surface area contributed by atoms with E-state index in [0.29, 0.717) is 18.9 Å². The lowest BCUT2D eigenvalue weighted by atomic mass is 10.3. The Bertz CT molecular complexity index is 486. The van der Waals surface area contributed by atoms with Gasteiger partial charge >= 0.3 is 6.03 Å². The van der Waals surface area contributed by atoms with E-state index in [1.165, 1.54) is 4.90 Å². The van der Waals surface area contributed by atoms with Crippen molar-refractivity contribution in [2.75, 3.05) is 20.6 Å². The number of benzene rings is 1. The van der Waals surface area contributed by atoms with Crippen LogP contribution in [0.25, 0.3) is 11.1 Å². The van der Waals surface area contributed by atoms with Gasteiger partial charge in [-0.15, -0.1) is 0 Å². The second kappa shape index (κ2) is 4.86. The minimum atomic E-state index is -0.110. The Morgan fingerprint density at radius 3 is 2.88 bits per heavy atom. The van der Waals surface area contributed by atoms with Crippen molar-refractivity contribution in [2.45, 2.75) is 6.42 Å².